The topological polar surface area (TPSA) is 63.4 Å². The van der Waals surface area contributed by atoms with Crippen molar-refractivity contribution in [1.29, 1.82) is 0 Å². The monoisotopic (exact) mass is 414 g/mol. The lowest BCUT2D eigenvalue weighted by atomic mass is 9.89. The van der Waals surface area contributed by atoms with Crippen LogP contribution in [-0.2, 0) is 13.1 Å². The quantitative estimate of drug-likeness (QED) is 0.599. The molecule has 156 valence electrons. The predicted octanol–water partition coefficient (Wildman–Crippen LogP) is 4.17. The Morgan fingerprint density at radius 1 is 1.28 bits per heavy atom. The fourth-order valence-corrected chi connectivity index (χ4v) is 5.11. The molecule has 0 unspecified atom stereocenters. The van der Waals surface area contributed by atoms with Crippen LogP contribution in [0.2, 0.25) is 0 Å². The molecule has 1 N–H and O–H groups in total. The van der Waals surface area contributed by atoms with Gasteiger partial charge in [-0.15, -0.1) is 0 Å². The minimum absolute atomic E-state index is 0.149. The van der Waals surface area contributed by atoms with Gasteiger partial charge in [0.25, 0.3) is 0 Å². The van der Waals surface area contributed by atoms with Crippen LogP contribution in [0.3, 0.4) is 0 Å². The maximum absolute atomic E-state index is 9.11. The zero-order valence-electron chi connectivity index (χ0n) is 17.3. The van der Waals surface area contributed by atoms with E-state index in [2.05, 4.69) is 26.1 Å². The van der Waals surface area contributed by atoms with Crippen LogP contribution in [0.25, 0.3) is 22.3 Å². The summed E-state index contributed by atoms with van der Waals surface area (Å²) in [7, 11) is 3.72. The summed E-state index contributed by atoms with van der Waals surface area (Å²) in [6.07, 6.45) is 8.87. The third kappa shape index (κ3) is 4.47. The highest BCUT2D eigenvalue weighted by molar-refractivity contribution is 7.05. The maximum Gasteiger partial charge on any atom is 0.175 e. The number of likely N-dealkylation sites (N-methyl/N-ethyl adjacent to an activating group) is 1. The summed E-state index contributed by atoms with van der Waals surface area (Å²) in [5, 5.41) is 11.2. The number of aliphatic hydroxyl groups is 1. The normalized spacial score (nSPS) is 15.4. The first kappa shape index (κ1) is 20.3. The van der Waals surface area contributed by atoms with Crippen molar-refractivity contribution in [3.8, 4) is 17.1 Å². The van der Waals surface area contributed by atoms with Gasteiger partial charge >= 0.3 is 0 Å². The number of benzene rings is 1. The Bertz CT molecular complexity index is 946. The molecule has 0 atom stereocenters. The summed E-state index contributed by atoms with van der Waals surface area (Å²) in [4.78, 5) is 6.85. The molecule has 1 fully saturated rings. The van der Waals surface area contributed by atoms with Crippen molar-refractivity contribution in [2.24, 2.45) is 5.92 Å². The molecule has 0 saturated heterocycles. The Labute approximate surface area is 176 Å². The van der Waals surface area contributed by atoms with Gasteiger partial charge in [-0.25, -0.2) is 4.98 Å². The van der Waals surface area contributed by atoms with E-state index in [1.807, 2.05) is 19.2 Å². The van der Waals surface area contributed by atoms with E-state index >= 15 is 0 Å². The van der Waals surface area contributed by atoms with Crippen LogP contribution in [0.1, 0.15) is 37.1 Å². The fraction of sp³-hybridized carbons (Fsp3) is 0.545. The molecule has 0 aliphatic heterocycles. The molecule has 4 rings (SSSR count). The zero-order valence-corrected chi connectivity index (χ0v) is 18.1. The number of aliphatic hydroxyl groups excluding tert-OH is 1. The Morgan fingerprint density at radius 3 is 2.86 bits per heavy atom. The van der Waals surface area contributed by atoms with Gasteiger partial charge in [0.15, 0.2) is 5.82 Å². The van der Waals surface area contributed by atoms with Crippen molar-refractivity contribution in [3.63, 3.8) is 0 Å². The summed E-state index contributed by atoms with van der Waals surface area (Å²) in [5.74, 6) is 2.41. The number of hydrogen-bond donors (Lipinski definition) is 1. The number of ether oxygens (including phenoxy) is 1. The van der Waals surface area contributed by atoms with Gasteiger partial charge in [-0.3, -0.25) is 4.90 Å². The summed E-state index contributed by atoms with van der Waals surface area (Å²) in [5.41, 5.74) is 2.21. The van der Waals surface area contributed by atoms with Crippen LogP contribution < -0.4 is 4.74 Å². The highest BCUT2D eigenvalue weighted by Gasteiger charge is 2.21. The largest absolute Gasteiger partial charge is 0.495 e. The van der Waals surface area contributed by atoms with E-state index in [-0.39, 0.29) is 6.61 Å². The molecule has 3 aromatic rings. The van der Waals surface area contributed by atoms with Crippen molar-refractivity contribution in [2.75, 3.05) is 27.3 Å². The lowest BCUT2D eigenvalue weighted by Gasteiger charge is -2.22. The Balaban J connectivity index is 1.68. The molecule has 0 radical (unpaired) electrons. The third-order valence-electron chi connectivity index (χ3n) is 5.86. The summed E-state index contributed by atoms with van der Waals surface area (Å²) >= 11 is 1.44. The Morgan fingerprint density at radius 2 is 2.10 bits per heavy atom. The van der Waals surface area contributed by atoms with Crippen LogP contribution in [0, 0.1) is 5.92 Å². The molecule has 1 aliphatic rings. The van der Waals surface area contributed by atoms with Gasteiger partial charge in [-0.05, 0) is 43.4 Å². The second-order valence-corrected chi connectivity index (χ2v) is 8.87. The van der Waals surface area contributed by atoms with Crippen molar-refractivity contribution >= 4 is 22.4 Å². The lowest BCUT2D eigenvalue weighted by molar-refractivity contribution is 0.217. The number of aromatic nitrogens is 3. The van der Waals surface area contributed by atoms with Crippen molar-refractivity contribution in [3.05, 3.63) is 29.4 Å². The third-order valence-corrected chi connectivity index (χ3v) is 6.55. The number of fused-ring (bicyclic) bond motifs is 1. The first-order valence-electron chi connectivity index (χ1n) is 10.5. The van der Waals surface area contributed by atoms with Gasteiger partial charge in [0.2, 0.25) is 0 Å². The SMILES string of the molecule is COc1cccc2c(-c3nsc(CN(C)CCO)n3)cn(CC3CCCCC3)c12. The molecule has 0 amide bonds. The Kier molecular flexibility index (Phi) is 6.47. The Hall–Kier alpha value is -1.96. The van der Waals surface area contributed by atoms with E-state index in [4.69, 9.17) is 14.8 Å². The zero-order chi connectivity index (χ0) is 20.2. The molecule has 7 heteroatoms. The molecular formula is C22H30N4O2S. The minimum atomic E-state index is 0.149. The molecule has 6 nitrogen and oxygen atoms in total. The molecule has 0 spiro atoms. The number of methoxy groups -OCH3 is 1. The van der Waals surface area contributed by atoms with Gasteiger partial charge < -0.3 is 14.4 Å². The molecule has 0 bridgehead atoms. The van der Waals surface area contributed by atoms with Gasteiger partial charge in [0, 0.05) is 30.2 Å². The molecule has 29 heavy (non-hydrogen) atoms. The number of rotatable bonds is 8. The number of nitrogens with zero attached hydrogens (tertiary/aromatic N) is 4. The molecular weight excluding hydrogens is 384 g/mol. The van der Waals surface area contributed by atoms with Crippen LogP contribution >= 0.6 is 11.5 Å². The van der Waals surface area contributed by atoms with Gasteiger partial charge in [-0.1, -0.05) is 31.4 Å². The van der Waals surface area contributed by atoms with Crippen LogP contribution in [-0.4, -0.2) is 51.2 Å². The molecule has 1 saturated carbocycles. The highest BCUT2D eigenvalue weighted by Crippen LogP contribution is 2.36. The average Bonchev–Trinajstić information content (AvgIpc) is 3.33. The number of para-hydroxylation sites is 1. The van der Waals surface area contributed by atoms with Crippen molar-refractivity contribution < 1.29 is 9.84 Å². The minimum Gasteiger partial charge on any atom is -0.495 e. The van der Waals surface area contributed by atoms with Crippen molar-refractivity contribution in [1.82, 2.24) is 18.8 Å². The first-order valence-corrected chi connectivity index (χ1v) is 11.2. The number of hydrogen-bond acceptors (Lipinski definition) is 6. The first-order chi connectivity index (χ1) is 14.2. The van der Waals surface area contributed by atoms with E-state index in [0.29, 0.717) is 13.1 Å². The van der Waals surface area contributed by atoms with Gasteiger partial charge in [0.05, 0.1) is 25.8 Å². The summed E-state index contributed by atoms with van der Waals surface area (Å²) in [6.45, 7) is 2.50. The second kappa shape index (κ2) is 9.24. The highest BCUT2D eigenvalue weighted by atomic mass is 32.1. The van der Waals surface area contributed by atoms with E-state index in [0.717, 1.165) is 45.5 Å². The lowest BCUT2D eigenvalue weighted by Crippen LogP contribution is -2.21. The summed E-state index contributed by atoms with van der Waals surface area (Å²) < 4.78 is 12.7. The van der Waals surface area contributed by atoms with Crippen LogP contribution in [0.15, 0.2) is 24.4 Å². The molecule has 2 aromatic heterocycles. The van der Waals surface area contributed by atoms with Gasteiger partial charge in [-0.2, -0.15) is 4.37 Å². The predicted molar refractivity (Wildman–Crippen MR) is 117 cm³/mol. The van der Waals surface area contributed by atoms with Crippen LogP contribution in [0.4, 0.5) is 0 Å². The van der Waals surface area contributed by atoms with E-state index in [1.54, 1.807) is 7.11 Å². The average molecular weight is 415 g/mol. The smallest absolute Gasteiger partial charge is 0.175 e. The van der Waals surface area contributed by atoms with E-state index in [1.165, 1.54) is 43.6 Å². The maximum atomic E-state index is 9.11. The van der Waals surface area contributed by atoms with Gasteiger partial charge in [0.1, 0.15) is 10.8 Å². The summed E-state index contributed by atoms with van der Waals surface area (Å²) in [6, 6.07) is 6.22. The molecule has 2 heterocycles. The standard InChI is InChI=1S/C22H30N4O2S/c1-25(11-12-27)15-20-23-22(24-29-20)18-14-26(13-16-7-4-3-5-8-16)21-17(18)9-6-10-19(21)28-2/h6,9-10,14,16,27H,3-5,7-8,11-13,15H2,1-2H3. The van der Waals surface area contributed by atoms with E-state index in [9.17, 15) is 0 Å². The fourth-order valence-electron chi connectivity index (χ4n) is 4.37. The van der Waals surface area contributed by atoms with Crippen molar-refractivity contribution in [2.45, 2.75) is 45.2 Å². The second-order valence-electron chi connectivity index (χ2n) is 8.03. The molecule has 1 aromatic carbocycles. The molecule has 1 aliphatic carbocycles. The van der Waals surface area contributed by atoms with E-state index < -0.39 is 0 Å². The van der Waals surface area contributed by atoms with Crippen LogP contribution in [0.5, 0.6) is 5.75 Å².